The predicted octanol–water partition coefficient (Wildman–Crippen LogP) is 13.3. The van der Waals surface area contributed by atoms with Crippen molar-refractivity contribution in [2.75, 3.05) is 9.80 Å². The molecule has 0 N–H and O–H groups in total. The van der Waals surface area contributed by atoms with Gasteiger partial charge in [-0.05, 0) is 101 Å². The number of hydrogen-bond donors (Lipinski definition) is 0. The zero-order chi connectivity index (χ0) is 34.0. The Balaban J connectivity index is 1.28. The molecule has 0 unspecified atom stereocenters. The fourth-order valence-corrected chi connectivity index (χ4v) is 6.82. The van der Waals surface area contributed by atoms with Gasteiger partial charge in [0.1, 0.15) is 5.52 Å². The Bertz CT molecular complexity index is 2510. The lowest BCUT2D eigenvalue weighted by Crippen LogP contribution is -2.11. The molecule has 51 heavy (non-hydrogen) atoms. The van der Waals surface area contributed by atoms with Gasteiger partial charge in [0.15, 0.2) is 5.58 Å². The van der Waals surface area contributed by atoms with Crippen LogP contribution in [-0.2, 0) is 0 Å². The summed E-state index contributed by atoms with van der Waals surface area (Å²) in [4.78, 5) is 9.78. The van der Waals surface area contributed by atoms with Crippen molar-refractivity contribution in [2.45, 2.75) is 0 Å². The van der Waals surface area contributed by atoms with Crippen LogP contribution in [0.25, 0.3) is 44.5 Å². The van der Waals surface area contributed by atoms with Gasteiger partial charge in [-0.25, -0.2) is 4.98 Å². The summed E-state index contributed by atoms with van der Waals surface area (Å²) in [7, 11) is 0. The van der Waals surface area contributed by atoms with Gasteiger partial charge in [-0.15, -0.1) is 0 Å². The Labute approximate surface area is 297 Å². The molecule has 0 saturated carbocycles. The zero-order valence-electron chi connectivity index (χ0n) is 27.8. The van der Waals surface area contributed by atoms with E-state index in [1.54, 1.807) is 0 Å². The van der Waals surface area contributed by atoms with E-state index in [9.17, 15) is 0 Å². The molecular weight excluding hydrogens is 623 g/mol. The first kappa shape index (κ1) is 30.2. The molecule has 0 radical (unpaired) electrons. The second-order valence-corrected chi connectivity index (χ2v) is 12.5. The van der Waals surface area contributed by atoms with Gasteiger partial charge in [0.05, 0.1) is 5.69 Å². The second-order valence-electron chi connectivity index (χ2n) is 12.5. The van der Waals surface area contributed by atoms with Crippen molar-refractivity contribution in [1.82, 2.24) is 4.98 Å². The molecule has 0 aliphatic carbocycles. The molecule has 9 rings (SSSR count). The van der Waals surface area contributed by atoms with Crippen LogP contribution in [0.15, 0.2) is 205 Å². The van der Waals surface area contributed by atoms with Gasteiger partial charge in [-0.2, -0.15) is 0 Å². The number of fused-ring (bicyclic) bond motifs is 3. The lowest BCUT2D eigenvalue weighted by Gasteiger charge is -2.27. The van der Waals surface area contributed by atoms with E-state index >= 15 is 0 Å². The van der Waals surface area contributed by atoms with Crippen molar-refractivity contribution in [2.24, 2.45) is 0 Å². The lowest BCUT2D eigenvalue weighted by atomic mass is 10.0. The Morgan fingerprint density at radius 1 is 0.373 bits per heavy atom. The molecule has 0 aliphatic heterocycles. The van der Waals surface area contributed by atoms with Crippen LogP contribution in [0.3, 0.4) is 0 Å². The number of hydrogen-bond acceptors (Lipinski definition) is 4. The van der Waals surface area contributed by atoms with Crippen molar-refractivity contribution >= 4 is 56.0 Å². The van der Waals surface area contributed by atoms with E-state index in [0.29, 0.717) is 5.89 Å². The van der Waals surface area contributed by atoms with Gasteiger partial charge < -0.3 is 14.2 Å². The molecule has 8 aromatic carbocycles. The van der Waals surface area contributed by atoms with Crippen LogP contribution in [0.1, 0.15) is 0 Å². The summed E-state index contributed by atoms with van der Waals surface area (Å²) in [6, 6.07) is 69.7. The first-order chi connectivity index (χ1) is 25.3. The quantitative estimate of drug-likeness (QED) is 0.163. The number of aromatic nitrogens is 1. The van der Waals surface area contributed by atoms with Gasteiger partial charge in [-0.1, -0.05) is 115 Å². The molecule has 0 atom stereocenters. The highest BCUT2D eigenvalue weighted by Crippen LogP contribution is 2.45. The number of benzene rings is 8. The SMILES string of the molecule is c1ccc(-c2ccc(N(c3ccccc3)c3cc4cc(N(c5ccccc5)c5ccccc5)ccc4c4oc(-c5ccccc5)nc34)cc2)cc1. The van der Waals surface area contributed by atoms with Crippen LogP contribution < -0.4 is 9.80 Å². The summed E-state index contributed by atoms with van der Waals surface area (Å²) in [5.74, 6) is 0.589. The Morgan fingerprint density at radius 3 is 1.39 bits per heavy atom. The summed E-state index contributed by atoms with van der Waals surface area (Å²) < 4.78 is 6.73. The van der Waals surface area contributed by atoms with Gasteiger partial charge in [0, 0.05) is 39.4 Å². The van der Waals surface area contributed by atoms with Crippen molar-refractivity contribution in [3.8, 4) is 22.6 Å². The van der Waals surface area contributed by atoms with Crippen LogP contribution in [-0.4, -0.2) is 4.98 Å². The third-order valence-corrected chi connectivity index (χ3v) is 9.24. The van der Waals surface area contributed by atoms with Crippen molar-refractivity contribution in [1.29, 1.82) is 0 Å². The van der Waals surface area contributed by atoms with Crippen LogP contribution in [0.2, 0.25) is 0 Å². The minimum Gasteiger partial charge on any atom is -0.435 e. The molecule has 4 heteroatoms. The highest BCUT2D eigenvalue weighted by molar-refractivity contribution is 6.12. The van der Waals surface area contributed by atoms with E-state index in [-0.39, 0.29) is 0 Å². The lowest BCUT2D eigenvalue weighted by molar-refractivity contribution is 0.623. The first-order valence-corrected chi connectivity index (χ1v) is 17.1. The molecule has 4 nitrogen and oxygen atoms in total. The maximum absolute atomic E-state index is 6.73. The van der Waals surface area contributed by atoms with E-state index in [1.807, 2.05) is 42.5 Å². The molecule has 0 saturated heterocycles. The van der Waals surface area contributed by atoms with Crippen molar-refractivity contribution in [3.05, 3.63) is 200 Å². The maximum Gasteiger partial charge on any atom is 0.227 e. The van der Waals surface area contributed by atoms with Crippen LogP contribution >= 0.6 is 0 Å². The fraction of sp³-hybridized carbons (Fsp3) is 0. The molecule has 0 amide bonds. The third kappa shape index (κ3) is 5.79. The Morgan fingerprint density at radius 2 is 0.824 bits per heavy atom. The number of rotatable bonds is 8. The van der Waals surface area contributed by atoms with Gasteiger partial charge in [-0.3, -0.25) is 0 Å². The second kappa shape index (κ2) is 13.2. The summed E-state index contributed by atoms with van der Waals surface area (Å²) in [6.45, 7) is 0. The Hall–Kier alpha value is -6.91. The summed E-state index contributed by atoms with van der Waals surface area (Å²) in [5, 5.41) is 2.05. The molecular formula is C47H33N3O. The number of anilines is 6. The van der Waals surface area contributed by atoms with Gasteiger partial charge >= 0.3 is 0 Å². The van der Waals surface area contributed by atoms with E-state index in [1.165, 1.54) is 5.56 Å². The summed E-state index contributed by atoms with van der Waals surface area (Å²) in [5.41, 5.74) is 11.0. The Kier molecular flexibility index (Phi) is 7.80. The van der Waals surface area contributed by atoms with Crippen LogP contribution in [0, 0.1) is 0 Å². The molecule has 9 aromatic rings. The zero-order valence-corrected chi connectivity index (χ0v) is 27.8. The van der Waals surface area contributed by atoms with Gasteiger partial charge in [0.2, 0.25) is 5.89 Å². The minimum absolute atomic E-state index is 0.589. The number of oxazole rings is 1. The smallest absolute Gasteiger partial charge is 0.227 e. The van der Waals surface area contributed by atoms with E-state index in [2.05, 4.69) is 168 Å². The standard InChI is InChI=1S/C47H33N3O/c1-6-16-34(17-7-1)35-26-28-41(29-27-35)50(40-24-14-5-15-25-40)44-33-37-32-42(49(38-20-10-3-11-21-38)39-22-12-4-13-23-39)30-31-43(37)46-45(44)48-47(51-46)36-18-8-2-9-19-36/h1-33H. The predicted molar refractivity (Wildman–Crippen MR) is 212 cm³/mol. The fourth-order valence-electron chi connectivity index (χ4n) is 6.82. The van der Waals surface area contributed by atoms with Crippen molar-refractivity contribution < 1.29 is 4.42 Å². The first-order valence-electron chi connectivity index (χ1n) is 17.1. The third-order valence-electron chi connectivity index (χ3n) is 9.24. The summed E-state index contributed by atoms with van der Waals surface area (Å²) >= 11 is 0. The van der Waals surface area contributed by atoms with Crippen LogP contribution in [0.5, 0.6) is 0 Å². The topological polar surface area (TPSA) is 32.5 Å². The molecule has 242 valence electrons. The number of para-hydroxylation sites is 3. The molecule has 0 aliphatic rings. The molecule has 0 bridgehead atoms. The monoisotopic (exact) mass is 655 g/mol. The highest BCUT2D eigenvalue weighted by atomic mass is 16.3. The number of nitrogens with zero attached hydrogens (tertiary/aromatic N) is 3. The van der Waals surface area contributed by atoms with E-state index < -0.39 is 0 Å². The molecule has 1 aromatic heterocycles. The maximum atomic E-state index is 6.73. The highest BCUT2D eigenvalue weighted by Gasteiger charge is 2.23. The minimum atomic E-state index is 0.589. The van der Waals surface area contributed by atoms with Crippen LogP contribution in [0.4, 0.5) is 34.1 Å². The molecule has 1 heterocycles. The van der Waals surface area contributed by atoms with Gasteiger partial charge in [0.25, 0.3) is 0 Å². The van der Waals surface area contributed by atoms with Crippen molar-refractivity contribution in [3.63, 3.8) is 0 Å². The largest absolute Gasteiger partial charge is 0.435 e. The average molecular weight is 656 g/mol. The normalized spacial score (nSPS) is 11.1. The molecule has 0 spiro atoms. The summed E-state index contributed by atoms with van der Waals surface area (Å²) in [6.07, 6.45) is 0. The molecule has 0 fully saturated rings. The van der Waals surface area contributed by atoms with E-state index in [4.69, 9.17) is 9.40 Å². The van der Waals surface area contributed by atoms with E-state index in [0.717, 1.165) is 67.1 Å². The average Bonchev–Trinajstić information content (AvgIpc) is 3.67.